The van der Waals surface area contributed by atoms with Crippen molar-refractivity contribution in [2.75, 3.05) is 19.0 Å². The molecule has 142 valence electrons. The van der Waals surface area contributed by atoms with Crippen molar-refractivity contribution in [2.24, 2.45) is 5.92 Å². The van der Waals surface area contributed by atoms with E-state index in [9.17, 15) is 13.2 Å². The standard InChI is InChI=1S/C18H29NO5S/c1-14(2)12-15(3)24-10-8-18(21)19-13-16-4-6-17(7-5-16)25(22,23)11-9-20/h4-7,14-15,20H,8-13H2,1-3H3,(H,19,21)/t15-/m0/s1. The predicted octanol–water partition coefficient (Wildman–Crippen LogP) is 1.91. The van der Waals surface area contributed by atoms with Gasteiger partial charge in [-0.25, -0.2) is 8.42 Å². The van der Waals surface area contributed by atoms with Crippen LogP contribution in [-0.4, -0.2) is 44.5 Å². The molecule has 0 fully saturated rings. The number of hydrogen-bond acceptors (Lipinski definition) is 5. The summed E-state index contributed by atoms with van der Waals surface area (Å²) in [4.78, 5) is 12.0. The summed E-state index contributed by atoms with van der Waals surface area (Å²) >= 11 is 0. The van der Waals surface area contributed by atoms with Crippen LogP contribution in [0, 0.1) is 5.92 Å². The summed E-state index contributed by atoms with van der Waals surface area (Å²) in [6.45, 7) is 6.58. The van der Waals surface area contributed by atoms with E-state index in [-0.39, 0.29) is 22.7 Å². The number of nitrogens with one attached hydrogen (secondary N) is 1. The average molecular weight is 371 g/mol. The molecule has 6 nitrogen and oxygen atoms in total. The Morgan fingerprint density at radius 1 is 1.20 bits per heavy atom. The number of benzene rings is 1. The number of sulfone groups is 1. The lowest BCUT2D eigenvalue weighted by Gasteiger charge is -2.15. The van der Waals surface area contributed by atoms with Gasteiger partial charge in [0.25, 0.3) is 0 Å². The average Bonchev–Trinajstić information content (AvgIpc) is 2.52. The molecule has 0 aliphatic heterocycles. The molecule has 0 heterocycles. The summed E-state index contributed by atoms with van der Waals surface area (Å²) in [5, 5.41) is 11.6. The number of carbonyl (C=O) groups is 1. The van der Waals surface area contributed by atoms with Crippen molar-refractivity contribution in [2.45, 2.75) is 51.2 Å². The Labute approximate surface area is 150 Å². The number of rotatable bonds is 11. The van der Waals surface area contributed by atoms with Gasteiger partial charge in [0.2, 0.25) is 5.91 Å². The Morgan fingerprint density at radius 3 is 2.40 bits per heavy atom. The molecule has 0 aromatic heterocycles. The van der Waals surface area contributed by atoms with Crippen molar-refractivity contribution in [3.63, 3.8) is 0 Å². The highest BCUT2D eigenvalue weighted by molar-refractivity contribution is 7.91. The molecule has 1 aromatic rings. The molecule has 1 atom stereocenters. The number of aliphatic hydroxyl groups is 1. The van der Waals surface area contributed by atoms with Crippen LogP contribution >= 0.6 is 0 Å². The highest BCUT2D eigenvalue weighted by atomic mass is 32.2. The van der Waals surface area contributed by atoms with Gasteiger partial charge in [-0.3, -0.25) is 4.79 Å². The molecule has 7 heteroatoms. The molecular formula is C18H29NO5S. The third kappa shape index (κ3) is 8.47. The van der Waals surface area contributed by atoms with E-state index in [0.717, 1.165) is 12.0 Å². The number of carbonyl (C=O) groups excluding carboxylic acids is 1. The van der Waals surface area contributed by atoms with Gasteiger partial charge in [-0.2, -0.15) is 0 Å². The van der Waals surface area contributed by atoms with Gasteiger partial charge in [0.05, 0.1) is 30.0 Å². The van der Waals surface area contributed by atoms with Crippen molar-refractivity contribution >= 4 is 15.7 Å². The summed E-state index contributed by atoms with van der Waals surface area (Å²) in [6.07, 6.45) is 1.40. The van der Waals surface area contributed by atoms with Crippen LogP contribution in [0.25, 0.3) is 0 Å². The van der Waals surface area contributed by atoms with Crippen LogP contribution in [0.2, 0.25) is 0 Å². The highest BCUT2D eigenvalue weighted by Gasteiger charge is 2.13. The SMILES string of the molecule is CC(C)C[C@H](C)OCCC(=O)NCc1ccc(S(=O)(=O)CCO)cc1. The second kappa shape index (κ2) is 10.5. The van der Waals surface area contributed by atoms with Crippen LogP contribution in [-0.2, 0) is 25.9 Å². The lowest BCUT2D eigenvalue weighted by molar-refractivity contribution is -0.122. The topological polar surface area (TPSA) is 92.7 Å². The normalized spacial score (nSPS) is 13.0. The van der Waals surface area contributed by atoms with E-state index in [4.69, 9.17) is 9.84 Å². The molecule has 0 bridgehead atoms. The van der Waals surface area contributed by atoms with Gasteiger partial charge in [-0.15, -0.1) is 0 Å². The molecule has 1 aromatic carbocycles. The zero-order valence-corrected chi connectivity index (χ0v) is 16.0. The lowest BCUT2D eigenvalue weighted by Crippen LogP contribution is -2.25. The third-order valence-electron chi connectivity index (χ3n) is 3.67. The van der Waals surface area contributed by atoms with Gasteiger partial charge in [-0.1, -0.05) is 26.0 Å². The Hall–Kier alpha value is -1.44. The van der Waals surface area contributed by atoms with Gasteiger partial charge in [0.1, 0.15) is 0 Å². The van der Waals surface area contributed by atoms with E-state index >= 15 is 0 Å². The van der Waals surface area contributed by atoms with E-state index in [1.165, 1.54) is 12.1 Å². The molecule has 2 N–H and O–H groups in total. The Morgan fingerprint density at radius 2 is 1.84 bits per heavy atom. The van der Waals surface area contributed by atoms with Crippen LogP contribution in [0.3, 0.4) is 0 Å². The summed E-state index contributed by atoms with van der Waals surface area (Å²) < 4.78 is 29.2. The van der Waals surface area contributed by atoms with Crippen molar-refractivity contribution in [1.82, 2.24) is 5.32 Å². The maximum Gasteiger partial charge on any atom is 0.222 e. The van der Waals surface area contributed by atoms with Crippen LogP contribution in [0.4, 0.5) is 0 Å². The fraction of sp³-hybridized carbons (Fsp3) is 0.611. The van der Waals surface area contributed by atoms with Crippen LogP contribution in [0.15, 0.2) is 29.2 Å². The first-order chi connectivity index (χ1) is 11.7. The number of amides is 1. The van der Waals surface area contributed by atoms with Gasteiger partial charge >= 0.3 is 0 Å². The summed E-state index contributed by atoms with van der Waals surface area (Å²) in [5.41, 5.74) is 0.811. The largest absolute Gasteiger partial charge is 0.395 e. The Bertz CT molecular complexity index is 625. The predicted molar refractivity (Wildman–Crippen MR) is 96.9 cm³/mol. The second-order valence-corrected chi connectivity index (χ2v) is 8.63. The van der Waals surface area contributed by atoms with Gasteiger partial charge in [0, 0.05) is 13.0 Å². The first kappa shape index (κ1) is 21.6. The van der Waals surface area contributed by atoms with E-state index in [0.29, 0.717) is 25.5 Å². The first-order valence-corrected chi connectivity index (χ1v) is 10.2. The fourth-order valence-corrected chi connectivity index (χ4v) is 3.45. The molecule has 0 spiro atoms. The monoisotopic (exact) mass is 371 g/mol. The molecule has 0 unspecified atom stereocenters. The smallest absolute Gasteiger partial charge is 0.222 e. The quantitative estimate of drug-likeness (QED) is 0.620. The lowest BCUT2D eigenvalue weighted by atomic mass is 10.1. The van der Waals surface area contributed by atoms with Crippen molar-refractivity contribution < 1.29 is 23.1 Å². The van der Waals surface area contributed by atoms with Crippen LogP contribution < -0.4 is 5.32 Å². The van der Waals surface area contributed by atoms with Crippen LogP contribution in [0.1, 0.15) is 39.2 Å². The minimum Gasteiger partial charge on any atom is -0.395 e. The van der Waals surface area contributed by atoms with Crippen molar-refractivity contribution in [3.05, 3.63) is 29.8 Å². The van der Waals surface area contributed by atoms with Gasteiger partial charge in [-0.05, 0) is 37.0 Å². The maximum absolute atomic E-state index is 11.8. The molecule has 0 saturated carbocycles. The van der Waals surface area contributed by atoms with Crippen LogP contribution in [0.5, 0.6) is 0 Å². The summed E-state index contributed by atoms with van der Waals surface area (Å²) in [5.74, 6) is 0.167. The molecule has 25 heavy (non-hydrogen) atoms. The molecule has 1 amide bonds. The number of hydrogen-bond donors (Lipinski definition) is 2. The molecule has 0 saturated heterocycles. The number of ether oxygens (including phenoxy) is 1. The minimum absolute atomic E-state index is 0.103. The van der Waals surface area contributed by atoms with Gasteiger partial charge in [0.15, 0.2) is 9.84 Å². The number of aliphatic hydroxyl groups excluding tert-OH is 1. The zero-order valence-electron chi connectivity index (χ0n) is 15.2. The second-order valence-electron chi connectivity index (χ2n) is 6.52. The van der Waals surface area contributed by atoms with Crippen molar-refractivity contribution in [1.29, 1.82) is 0 Å². The van der Waals surface area contributed by atoms with Gasteiger partial charge < -0.3 is 15.2 Å². The third-order valence-corrected chi connectivity index (χ3v) is 5.38. The summed E-state index contributed by atoms with van der Waals surface area (Å²) in [6, 6.07) is 6.30. The molecule has 1 rings (SSSR count). The maximum atomic E-state index is 11.8. The molecule has 0 aliphatic carbocycles. The first-order valence-electron chi connectivity index (χ1n) is 8.55. The Kier molecular flexibility index (Phi) is 9.10. The highest BCUT2D eigenvalue weighted by Crippen LogP contribution is 2.12. The zero-order chi connectivity index (χ0) is 18.9. The van der Waals surface area contributed by atoms with E-state index in [1.807, 2.05) is 6.92 Å². The fourth-order valence-electron chi connectivity index (χ4n) is 2.43. The van der Waals surface area contributed by atoms with Crippen molar-refractivity contribution in [3.8, 4) is 0 Å². The summed E-state index contributed by atoms with van der Waals surface area (Å²) in [7, 11) is -3.44. The molecule has 0 aliphatic rings. The van der Waals surface area contributed by atoms with E-state index in [1.54, 1.807) is 12.1 Å². The molecule has 0 radical (unpaired) electrons. The molecular weight excluding hydrogens is 342 g/mol. The van der Waals surface area contributed by atoms with E-state index in [2.05, 4.69) is 19.2 Å². The Balaban J connectivity index is 2.37. The van der Waals surface area contributed by atoms with E-state index < -0.39 is 16.4 Å². The minimum atomic E-state index is -3.44.